The van der Waals surface area contributed by atoms with Crippen molar-refractivity contribution in [2.75, 3.05) is 29.6 Å². The topological polar surface area (TPSA) is 108 Å². The summed E-state index contributed by atoms with van der Waals surface area (Å²) in [5, 5.41) is 5.76. The van der Waals surface area contributed by atoms with Gasteiger partial charge in [-0.3, -0.25) is 14.5 Å². The van der Waals surface area contributed by atoms with Gasteiger partial charge in [0.25, 0.3) is 0 Å². The van der Waals surface area contributed by atoms with Crippen LogP contribution in [0.15, 0.2) is 41.4 Å². The minimum absolute atomic E-state index is 0.113. The summed E-state index contributed by atoms with van der Waals surface area (Å²) in [4.78, 5) is 28.8. The maximum atomic E-state index is 13.5. The van der Waals surface area contributed by atoms with Crippen LogP contribution in [-0.2, 0) is 19.4 Å². The predicted molar refractivity (Wildman–Crippen MR) is 116 cm³/mol. The molecule has 1 aliphatic rings. The van der Waals surface area contributed by atoms with Gasteiger partial charge in [-0.2, -0.15) is 13.2 Å². The van der Waals surface area contributed by atoms with Crippen molar-refractivity contribution in [1.82, 2.24) is 10.3 Å². The number of carbonyl (C=O) groups is 2. The number of nitrogens with one attached hydrogen (secondary N) is 2. The molecular weight excluding hydrogens is 485 g/mol. The van der Waals surface area contributed by atoms with E-state index < -0.39 is 45.3 Å². The molecule has 8 nitrogen and oxygen atoms in total. The largest absolute Gasteiger partial charge is 0.472 e. The number of pyridine rings is 1. The van der Waals surface area contributed by atoms with E-state index in [0.29, 0.717) is 25.9 Å². The lowest BCUT2D eigenvalue weighted by Gasteiger charge is -2.27. The predicted octanol–water partition coefficient (Wildman–Crippen LogP) is 3.30. The number of nitrogens with zero attached hydrogens (tertiary/aromatic N) is 2. The number of anilines is 3. The number of aromatic nitrogens is 1. The van der Waals surface area contributed by atoms with Crippen LogP contribution in [0.3, 0.4) is 0 Å². The Bertz CT molecular complexity index is 1150. The molecule has 1 fully saturated rings. The van der Waals surface area contributed by atoms with E-state index in [1.54, 1.807) is 0 Å². The molecule has 0 aliphatic carbocycles. The molecule has 0 spiro atoms. The van der Waals surface area contributed by atoms with Crippen LogP contribution in [0, 0.1) is 5.92 Å². The van der Waals surface area contributed by atoms with Gasteiger partial charge in [-0.25, -0.2) is 13.4 Å². The van der Waals surface area contributed by atoms with E-state index in [0.717, 1.165) is 36.7 Å². The number of alkyl halides is 3. The van der Waals surface area contributed by atoms with Crippen molar-refractivity contribution in [3.63, 3.8) is 0 Å². The fourth-order valence-corrected chi connectivity index (χ4v) is 4.07. The summed E-state index contributed by atoms with van der Waals surface area (Å²) in [7, 11) is -3.86. The lowest BCUT2D eigenvalue weighted by molar-refractivity contribution is -0.169. The third-order valence-corrected chi connectivity index (χ3v) is 6.33. The van der Waals surface area contributed by atoms with Crippen LogP contribution in [0.25, 0.3) is 0 Å². The quantitative estimate of drug-likeness (QED) is 0.647. The van der Waals surface area contributed by atoms with E-state index in [9.17, 15) is 31.2 Å². The molecule has 2 amide bonds. The normalized spacial score (nSPS) is 15.2. The van der Waals surface area contributed by atoms with Gasteiger partial charge < -0.3 is 10.6 Å². The molecule has 178 valence electrons. The van der Waals surface area contributed by atoms with E-state index in [1.165, 1.54) is 6.07 Å². The highest BCUT2D eigenvalue weighted by molar-refractivity contribution is 7.90. The molecule has 0 atom stereocenters. The van der Waals surface area contributed by atoms with Crippen molar-refractivity contribution in [3.05, 3.63) is 41.6 Å². The Hall–Kier alpha value is -2.70. The van der Waals surface area contributed by atoms with Crippen LogP contribution in [0.1, 0.15) is 12.8 Å². The second kappa shape index (κ2) is 9.65. The molecule has 2 heterocycles. The fraction of sp³-hybridized carbons (Fsp3) is 0.350. The SMILES string of the molecule is CS(=O)(=O)c1ccc(NC(=O)C2CCNCC2)c(N(C(=O)C(F)(F)F)c2ccc(Cl)cn2)c1. The number of piperidine rings is 1. The molecule has 0 bridgehead atoms. The molecule has 1 saturated heterocycles. The number of hydrogen-bond donors (Lipinski definition) is 2. The van der Waals surface area contributed by atoms with E-state index in [-0.39, 0.29) is 20.5 Å². The third kappa shape index (κ3) is 6.01. The van der Waals surface area contributed by atoms with Gasteiger partial charge in [-0.1, -0.05) is 11.6 Å². The van der Waals surface area contributed by atoms with E-state index >= 15 is 0 Å². The number of amides is 2. The van der Waals surface area contributed by atoms with Gasteiger partial charge in [0.05, 0.1) is 21.3 Å². The zero-order valence-electron chi connectivity index (χ0n) is 17.3. The van der Waals surface area contributed by atoms with Crippen LogP contribution in [-0.4, -0.2) is 50.7 Å². The number of carbonyl (C=O) groups excluding carboxylic acids is 2. The van der Waals surface area contributed by atoms with Crippen molar-refractivity contribution < 1.29 is 31.2 Å². The summed E-state index contributed by atoms with van der Waals surface area (Å²) < 4.78 is 64.7. The van der Waals surface area contributed by atoms with Crippen molar-refractivity contribution >= 4 is 50.4 Å². The van der Waals surface area contributed by atoms with Gasteiger partial charge in [-0.15, -0.1) is 0 Å². The standard InChI is InChI=1S/C20H20ClF3N4O4S/c1-33(31,32)14-3-4-15(27-18(29)12-6-8-25-9-7-12)16(10-14)28(19(30)20(22,23)24)17-5-2-13(21)11-26-17/h2-5,10-12,25H,6-9H2,1H3,(H,27,29). The second-order valence-electron chi connectivity index (χ2n) is 7.44. The zero-order valence-corrected chi connectivity index (χ0v) is 18.9. The summed E-state index contributed by atoms with van der Waals surface area (Å²) in [6.45, 7) is 1.21. The number of hydrogen-bond acceptors (Lipinski definition) is 6. The zero-order chi connectivity index (χ0) is 24.4. The Morgan fingerprint density at radius 3 is 2.39 bits per heavy atom. The van der Waals surface area contributed by atoms with Gasteiger partial charge in [0, 0.05) is 18.4 Å². The highest BCUT2D eigenvalue weighted by Gasteiger charge is 2.45. The number of halogens is 4. The Morgan fingerprint density at radius 1 is 1.18 bits per heavy atom. The Labute approximate surface area is 193 Å². The monoisotopic (exact) mass is 504 g/mol. The molecule has 2 aromatic rings. The van der Waals surface area contributed by atoms with Crippen LogP contribution in [0.4, 0.5) is 30.4 Å². The molecule has 1 aromatic heterocycles. The van der Waals surface area contributed by atoms with Crippen molar-refractivity contribution in [1.29, 1.82) is 0 Å². The summed E-state index contributed by atoms with van der Waals surface area (Å²) in [5.74, 6) is -3.62. The molecule has 2 N–H and O–H groups in total. The smallest absolute Gasteiger partial charge is 0.324 e. The molecule has 0 unspecified atom stereocenters. The van der Waals surface area contributed by atoms with Crippen LogP contribution >= 0.6 is 11.6 Å². The lowest BCUT2D eigenvalue weighted by Crippen LogP contribution is -2.39. The third-order valence-electron chi connectivity index (χ3n) is 4.99. The first-order valence-corrected chi connectivity index (χ1v) is 12.0. The molecule has 0 radical (unpaired) electrons. The van der Waals surface area contributed by atoms with Gasteiger partial charge >= 0.3 is 12.1 Å². The van der Waals surface area contributed by atoms with E-state index in [2.05, 4.69) is 15.6 Å². The van der Waals surface area contributed by atoms with Gasteiger partial charge in [0.2, 0.25) is 5.91 Å². The molecule has 13 heteroatoms. The van der Waals surface area contributed by atoms with E-state index in [4.69, 9.17) is 11.6 Å². The lowest BCUT2D eigenvalue weighted by atomic mass is 9.97. The fourth-order valence-electron chi connectivity index (χ4n) is 3.32. The van der Waals surface area contributed by atoms with Gasteiger partial charge in [-0.05, 0) is 56.3 Å². The second-order valence-corrected chi connectivity index (χ2v) is 9.89. The summed E-state index contributed by atoms with van der Waals surface area (Å²) in [6.07, 6.45) is -2.37. The van der Waals surface area contributed by atoms with Gasteiger partial charge in [0.15, 0.2) is 9.84 Å². The summed E-state index contributed by atoms with van der Waals surface area (Å²) in [6, 6.07) is 5.50. The van der Waals surface area contributed by atoms with Crippen molar-refractivity contribution in [2.45, 2.75) is 23.9 Å². The highest BCUT2D eigenvalue weighted by Crippen LogP contribution is 2.37. The van der Waals surface area contributed by atoms with Crippen molar-refractivity contribution in [2.24, 2.45) is 5.92 Å². The molecular formula is C20H20ClF3N4O4S. The average Bonchev–Trinajstić information content (AvgIpc) is 2.75. The minimum Gasteiger partial charge on any atom is -0.324 e. The van der Waals surface area contributed by atoms with Crippen molar-refractivity contribution in [3.8, 4) is 0 Å². The molecule has 1 aliphatic heterocycles. The Morgan fingerprint density at radius 2 is 1.85 bits per heavy atom. The molecule has 3 rings (SSSR count). The summed E-state index contributed by atoms with van der Waals surface area (Å²) in [5.41, 5.74) is -0.655. The first-order valence-electron chi connectivity index (χ1n) is 9.76. The van der Waals surface area contributed by atoms with E-state index in [1.807, 2.05) is 0 Å². The number of sulfone groups is 1. The van der Waals surface area contributed by atoms with Crippen LogP contribution in [0.2, 0.25) is 5.02 Å². The minimum atomic E-state index is -5.32. The molecule has 1 aromatic carbocycles. The first-order chi connectivity index (χ1) is 15.4. The number of benzene rings is 1. The molecule has 0 saturated carbocycles. The Kier molecular flexibility index (Phi) is 7.29. The van der Waals surface area contributed by atoms with Crippen LogP contribution in [0.5, 0.6) is 0 Å². The maximum Gasteiger partial charge on any atom is 0.472 e. The average molecular weight is 505 g/mol. The van der Waals surface area contributed by atoms with Crippen LogP contribution < -0.4 is 15.5 Å². The number of rotatable bonds is 5. The highest BCUT2D eigenvalue weighted by atomic mass is 35.5. The first kappa shape index (κ1) is 24.9. The Balaban J connectivity index is 2.15. The maximum absolute atomic E-state index is 13.5. The van der Waals surface area contributed by atoms with Gasteiger partial charge in [0.1, 0.15) is 5.82 Å². The molecule has 33 heavy (non-hydrogen) atoms. The summed E-state index contributed by atoms with van der Waals surface area (Å²) >= 11 is 5.77.